The third-order valence-electron chi connectivity index (χ3n) is 3.83. The Bertz CT molecular complexity index is 403. The highest BCUT2D eigenvalue weighted by Gasteiger charge is 2.25. The lowest BCUT2D eigenvalue weighted by molar-refractivity contribution is 0.342. The van der Waals surface area contributed by atoms with E-state index in [0.717, 1.165) is 36.4 Å². The molecule has 18 heavy (non-hydrogen) atoms. The zero-order valence-corrected chi connectivity index (χ0v) is 11.6. The number of nitrogens with zero attached hydrogens (tertiary/aromatic N) is 1. The van der Waals surface area contributed by atoms with Crippen LogP contribution in [0.15, 0.2) is 18.2 Å². The van der Waals surface area contributed by atoms with Crippen molar-refractivity contribution in [3.63, 3.8) is 0 Å². The summed E-state index contributed by atoms with van der Waals surface area (Å²) in [7, 11) is 0. The average Bonchev–Trinajstić information content (AvgIpc) is 2.82. The SMILES string of the molecule is CCOc1cc(N2CCC(C(C)C)C2)ccc1N. The van der Waals surface area contributed by atoms with E-state index in [-0.39, 0.29) is 0 Å². The molecule has 1 aromatic carbocycles. The summed E-state index contributed by atoms with van der Waals surface area (Å²) in [6.45, 7) is 9.54. The topological polar surface area (TPSA) is 38.5 Å². The van der Waals surface area contributed by atoms with E-state index in [1.54, 1.807) is 0 Å². The summed E-state index contributed by atoms with van der Waals surface area (Å²) >= 11 is 0. The molecule has 0 spiro atoms. The number of anilines is 2. The molecule has 0 amide bonds. The van der Waals surface area contributed by atoms with E-state index in [9.17, 15) is 0 Å². The lowest BCUT2D eigenvalue weighted by Crippen LogP contribution is -2.21. The molecule has 1 atom stereocenters. The summed E-state index contributed by atoms with van der Waals surface area (Å²) in [6.07, 6.45) is 1.28. The van der Waals surface area contributed by atoms with Crippen molar-refractivity contribution in [3.8, 4) is 5.75 Å². The van der Waals surface area contributed by atoms with E-state index in [2.05, 4.69) is 30.9 Å². The zero-order chi connectivity index (χ0) is 13.1. The molecule has 100 valence electrons. The molecule has 2 N–H and O–H groups in total. The van der Waals surface area contributed by atoms with Gasteiger partial charge >= 0.3 is 0 Å². The summed E-state index contributed by atoms with van der Waals surface area (Å²) < 4.78 is 5.56. The highest BCUT2D eigenvalue weighted by atomic mass is 16.5. The first-order valence-corrected chi connectivity index (χ1v) is 6.89. The van der Waals surface area contributed by atoms with Crippen LogP contribution in [0.25, 0.3) is 0 Å². The normalized spacial score (nSPS) is 19.6. The number of hydrogen-bond donors (Lipinski definition) is 1. The molecule has 3 heteroatoms. The Balaban J connectivity index is 2.12. The van der Waals surface area contributed by atoms with Crippen LogP contribution in [-0.2, 0) is 0 Å². The molecule has 1 aliphatic heterocycles. The Hall–Kier alpha value is -1.38. The lowest BCUT2D eigenvalue weighted by Gasteiger charge is -2.21. The lowest BCUT2D eigenvalue weighted by atomic mass is 9.95. The van der Waals surface area contributed by atoms with E-state index in [1.165, 1.54) is 12.1 Å². The van der Waals surface area contributed by atoms with Crippen LogP contribution in [0.2, 0.25) is 0 Å². The van der Waals surface area contributed by atoms with Gasteiger partial charge < -0.3 is 15.4 Å². The molecule has 1 saturated heterocycles. The van der Waals surface area contributed by atoms with Gasteiger partial charge in [-0.05, 0) is 37.3 Å². The molecule has 1 aliphatic rings. The van der Waals surface area contributed by atoms with Crippen LogP contribution >= 0.6 is 0 Å². The molecule has 0 saturated carbocycles. The van der Waals surface area contributed by atoms with Crippen molar-refractivity contribution in [2.24, 2.45) is 11.8 Å². The van der Waals surface area contributed by atoms with Gasteiger partial charge in [0.1, 0.15) is 5.75 Å². The average molecular weight is 248 g/mol. The van der Waals surface area contributed by atoms with Gasteiger partial charge in [0.25, 0.3) is 0 Å². The maximum Gasteiger partial charge on any atom is 0.144 e. The third-order valence-corrected chi connectivity index (χ3v) is 3.83. The Labute approximate surface area is 110 Å². The van der Waals surface area contributed by atoms with Gasteiger partial charge in [0, 0.05) is 24.8 Å². The molecule has 1 heterocycles. The van der Waals surface area contributed by atoms with Gasteiger partial charge in [-0.1, -0.05) is 13.8 Å². The second-order valence-electron chi connectivity index (χ2n) is 5.39. The standard InChI is InChI=1S/C15H24N2O/c1-4-18-15-9-13(5-6-14(15)16)17-8-7-12(10-17)11(2)3/h5-6,9,11-12H,4,7-8,10,16H2,1-3H3. The molecular weight excluding hydrogens is 224 g/mol. The number of hydrogen-bond acceptors (Lipinski definition) is 3. The van der Waals surface area contributed by atoms with Crippen molar-refractivity contribution in [1.82, 2.24) is 0 Å². The maximum atomic E-state index is 5.91. The summed E-state index contributed by atoms with van der Waals surface area (Å²) in [4.78, 5) is 2.44. The molecule has 1 unspecified atom stereocenters. The van der Waals surface area contributed by atoms with Crippen LogP contribution in [-0.4, -0.2) is 19.7 Å². The van der Waals surface area contributed by atoms with E-state index in [0.29, 0.717) is 6.61 Å². The monoisotopic (exact) mass is 248 g/mol. The van der Waals surface area contributed by atoms with Crippen LogP contribution in [0.3, 0.4) is 0 Å². The molecule has 1 fully saturated rings. The molecule has 1 aromatic rings. The first-order chi connectivity index (χ1) is 8.61. The third kappa shape index (κ3) is 2.71. The van der Waals surface area contributed by atoms with Crippen molar-refractivity contribution in [2.45, 2.75) is 27.2 Å². The fourth-order valence-electron chi connectivity index (χ4n) is 2.57. The van der Waals surface area contributed by atoms with Crippen LogP contribution in [0.4, 0.5) is 11.4 Å². The summed E-state index contributed by atoms with van der Waals surface area (Å²) in [5, 5.41) is 0. The molecule has 0 radical (unpaired) electrons. The fraction of sp³-hybridized carbons (Fsp3) is 0.600. The van der Waals surface area contributed by atoms with Crippen LogP contribution < -0.4 is 15.4 Å². The number of nitrogens with two attached hydrogens (primary N) is 1. The largest absolute Gasteiger partial charge is 0.492 e. The van der Waals surface area contributed by atoms with Crippen molar-refractivity contribution in [3.05, 3.63) is 18.2 Å². The first-order valence-electron chi connectivity index (χ1n) is 6.89. The highest BCUT2D eigenvalue weighted by Crippen LogP contribution is 2.32. The minimum absolute atomic E-state index is 0.655. The van der Waals surface area contributed by atoms with Gasteiger partial charge in [-0.15, -0.1) is 0 Å². The Morgan fingerprint density at radius 1 is 1.44 bits per heavy atom. The van der Waals surface area contributed by atoms with Gasteiger partial charge in [0.05, 0.1) is 12.3 Å². The second-order valence-corrected chi connectivity index (χ2v) is 5.39. The number of nitrogen functional groups attached to an aromatic ring is 1. The molecule has 2 rings (SSSR count). The highest BCUT2D eigenvalue weighted by molar-refractivity contribution is 5.62. The van der Waals surface area contributed by atoms with Crippen LogP contribution in [0.5, 0.6) is 5.75 Å². The molecular formula is C15H24N2O. The molecule has 3 nitrogen and oxygen atoms in total. The predicted octanol–water partition coefficient (Wildman–Crippen LogP) is 3.15. The zero-order valence-electron chi connectivity index (χ0n) is 11.6. The van der Waals surface area contributed by atoms with Gasteiger partial charge in [0.15, 0.2) is 0 Å². The molecule has 0 bridgehead atoms. The van der Waals surface area contributed by atoms with Crippen molar-refractivity contribution in [2.75, 3.05) is 30.3 Å². The smallest absolute Gasteiger partial charge is 0.144 e. The summed E-state index contributed by atoms with van der Waals surface area (Å²) in [6, 6.07) is 6.12. The number of rotatable bonds is 4. The van der Waals surface area contributed by atoms with Gasteiger partial charge in [-0.25, -0.2) is 0 Å². The van der Waals surface area contributed by atoms with E-state index < -0.39 is 0 Å². The molecule has 0 aliphatic carbocycles. The van der Waals surface area contributed by atoms with Crippen molar-refractivity contribution in [1.29, 1.82) is 0 Å². The maximum absolute atomic E-state index is 5.91. The van der Waals surface area contributed by atoms with E-state index in [4.69, 9.17) is 10.5 Å². The first kappa shape index (κ1) is 13.1. The Morgan fingerprint density at radius 3 is 2.83 bits per heavy atom. The Morgan fingerprint density at radius 2 is 2.22 bits per heavy atom. The summed E-state index contributed by atoms with van der Waals surface area (Å²) in [5.74, 6) is 2.37. The minimum atomic E-state index is 0.655. The fourth-order valence-corrected chi connectivity index (χ4v) is 2.57. The van der Waals surface area contributed by atoms with Gasteiger partial charge in [-0.3, -0.25) is 0 Å². The van der Waals surface area contributed by atoms with Crippen LogP contribution in [0.1, 0.15) is 27.2 Å². The summed E-state index contributed by atoms with van der Waals surface area (Å²) in [5.41, 5.74) is 7.86. The number of benzene rings is 1. The Kier molecular flexibility index (Phi) is 4.00. The van der Waals surface area contributed by atoms with Crippen molar-refractivity contribution < 1.29 is 4.74 Å². The van der Waals surface area contributed by atoms with Gasteiger partial charge in [0.2, 0.25) is 0 Å². The second kappa shape index (κ2) is 5.51. The predicted molar refractivity (Wildman–Crippen MR) is 77.2 cm³/mol. The minimum Gasteiger partial charge on any atom is -0.492 e. The van der Waals surface area contributed by atoms with Crippen LogP contribution in [0, 0.1) is 11.8 Å². The van der Waals surface area contributed by atoms with Gasteiger partial charge in [-0.2, -0.15) is 0 Å². The van der Waals surface area contributed by atoms with Crippen molar-refractivity contribution >= 4 is 11.4 Å². The number of ether oxygens (including phenoxy) is 1. The van der Waals surface area contributed by atoms with E-state index >= 15 is 0 Å². The quantitative estimate of drug-likeness (QED) is 0.832. The molecule has 0 aromatic heterocycles. The van der Waals surface area contributed by atoms with E-state index in [1.807, 2.05) is 13.0 Å².